The lowest BCUT2D eigenvalue weighted by atomic mass is 9.98. The lowest BCUT2D eigenvalue weighted by molar-refractivity contribution is -0.138. The van der Waals surface area contributed by atoms with Gasteiger partial charge < -0.3 is 25.7 Å². The molecule has 8 nitrogen and oxygen atoms in total. The summed E-state index contributed by atoms with van der Waals surface area (Å²) in [6.45, 7) is 3.30. The minimum absolute atomic E-state index is 0.172. The summed E-state index contributed by atoms with van der Waals surface area (Å²) in [7, 11) is 2.00. The van der Waals surface area contributed by atoms with Crippen molar-refractivity contribution in [2.45, 2.75) is 25.4 Å². The summed E-state index contributed by atoms with van der Waals surface area (Å²) in [6, 6.07) is 4.10. The average molecular weight is 526 g/mol. The highest BCUT2D eigenvalue weighted by atomic mass is 19.4. The number of aromatic nitrogens is 2. The fourth-order valence-electron chi connectivity index (χ4n) is 4.23. The summed E-state index contributed by atoms with van der Waals surface area (Å²) in [5, 5.41) is 20.5. The van der Waals surface area contributed by atoms with Crippen molar-refractivity contribution in [2.24, 2.45) is 10.9 Å². The molecule has 2 aromatic rings. The number of hydrogen-bond donors (Lipinski definition) is 4. The Morgan fingerprint density at radius 2 is 2.08 bits per heavy atom. The van der Waals surface area contributed by atoms with Crippen molar-refractivity contribution in [2.75, 3.05) is 38.5 Å². The Morgan fingerprint density at radius 1 is 1.29 bits per heavy atom. The molecule has 1 saturated heterocycles. The van der Waals surface area contributed by atoms with E-state index in [-0.39, 0.29) is 23.7 Å². The first-order valence-corrected chi connectivity index (χ1v) is 12.2. The summed E-state index contributed by atoms with van der Waals surface area (Å²) < 4.78 is 41.7. The lowest BCUT2D eigenvalue weighted by Crippen LogP contribution is -2.44. The second-order valence-corrected chi connectivity index (χ2v) is 9.29. The normalized spacial score (nSPS) is 19.6. The molecule has 0 radical (unpaired) electrons. The number of hydrogen-bond acceptors (Lipinski definition) is 7. The number of nitrogens with one attached hydrogen (secondary N) is 3. The summed E-state index contributed by atoms with van der Waals surface area (Å²) >= 11 is 0. The molecule has 0 spiro atoms. The van der Waals surface area contributed by atoms with Crippen molar-refractivity contribution in [1.82, 2.24) is 19.8 Å². The first kappa shape index (κ1) is 27.3. The van der Waals surface area contributed by atoms with Crippen LogP contribution in [0.3, 0.4) is 0 Å². The number of aliphatic imine (C=N–C) groups is 1. The molecule has 2 aliphatic heterocycles. The number of H-pyrrole nitrogens is 1. The van der Waals surface area contributed by atoms with Gasteiger partial charge in [0.05, 0.1) is 23.4 Å². The van der Waals surface area contributed by atoms with Gasteiger partial charge in [0.25, 0.3) is 0 Å². The molecule has 0 bridgehead atoms. The zero-order chi connectivity index (χ0) is 27.1. The standard InChI is InChI=1S/C27H30F3N7O/c1-36-9-11-37(12-10-36)18-20-5-6-22(14-24(20)27(28,29)30)35-26(38)21-13-19(15-32-16-21)4-7-25-33-17-23(34-25)3-2-8-31/h2-3,5-6,8,14-17,19,26,31,35,38H,9-13,18H2,1H3,(H,33,34)/b3-2-,31-8?. The molecule has 2 aliphatic rings. The Labute approximate surface area is 219 Å². The number of piperazine rings is 1. The number of alkyl halides is 3. The van der Waals surface area contributed by atoms with Crippen molar-refractivity contribution >= 4 is 24.2 Å². The van der Waals surface area contributed by atoms with Crippen molar-refractivity contribution in [3.63, 3.8) is 0 Å². The molecule has 1 aromatic heterocycles. The maximum atomic E-state index is 13.9. The number of nitrogens with zero attached hydrogens (tertiary/aromatic N) is 4. The first-order chi connectivity index (χ1) is 18.2. The molecule has 3 heterocycles. The highest BCUT2D eigenvalue weighted by molar-refractivity contribution is 5.75. The van der Waals surface area contributed by atoms with E-state index in [1.165, 1.54) is 12.3 Å². The van der Waals surface area contributed by atoms with E-state index in [1.54, 1.807) is 30.6 Å². The van der Waals surface area contributed by atoms with Crippen LogP contribution in [0.25, 0.3) is 6.08 Å². The number of aliphatic hydroxyl groups is 1. The van der Waals surface area contributed by atoms with Crippen LogP contribution in [0.5, 0.6) is 0 Å². The van der Waals surface area contributed by atoms with Gasteiger partial charge in [-0.25, -0.2) is 4.98 Å². The van der Waals surface area contributed by atoms with Crippen LogP contribution in [0.15, 0.2) is 47.2 Å². The zero-order valence-electron chi connectivity index (χ0n) is 21.0. The SMILES string of the molecule is CN1CCN(Cc2ccc(NC(O)C3=CN=CC(C#Cc4ncc(/C=C\C=N)[nH]4)C3)cc2C(F)(F)F)CC1. The van der Waals surface area contributed by atoms with Crippen LogP contribution in [-0.2, 0) is 12.7 Å². The van der Waals surface area contributed by atoms with Crippen LogP contribution in [0.2, 0.25) is 0 Å². The van der Waals surface area contributed by atoms with Crippen LogP contribution < -0.4 is 5.32 Å². The Bertz CT molecular complexity index is 1280. The largest absolute Gasteiger partial charge is 0.416 e. The van der Waals surface area contributed by atoms with Gasteiger partial charge in [0.15, 0.2) is 5.82 Å². The second kappa shape index (κ2) is 12.2. The van der Waals surface area contributed by atoms with Crippen LogP contribution in [0.1, 0.15) is 29.1 Å². The minimum atomic E-state index is -4.51. The topological polar surface area (TPSA) is 104 Å². The molecule has 11 heteroatoms. The van der Waals surface area contributed by atoms with E-state index >= 15 is 0 Å². The van der Waals surface area contributed by atoms with Gasteiger partial charge in [-0.3, -0.25) is 9.89 Å². The van der Waals surface area contributed by atoms with Crippen LogP contribution >= 0.6 is 0 Å². The van der Waals surface area contributed by atoms with Gasteiger partial charge in [-0.05, 0) is 54.8 Å². The molecule has 4 rings (SSSR count). The Morgan fingerprint density at radius 3 is 2.82 bits per heavy atom. The van der Waals surface area contributed by atoms with E-state index in [0.29, 0.717) is 36.6 Å². The van der Waals surface area contributed by atoms with Gasteiger partial charge in [-0.2, -0.15) is 13.2 Å². The number of halogens is 3. The molecule has 0 amide bonds. The van der Waals surface area contributed by atoms with Crippen LogP contribution in [-0.4, -0.2) is 76.8 Å². The summed E-state index contributed by atoms with van der Waals surface area (Å²) in [4.78, 5) is 15.5. The lowest BCUT2D eigenvalue weighted by Gasteiger charge is -2.33. The Kier molecular flexibility index (Phi) is 8.78. The smallest absolute Gasteiger partial charge is 0.370 e. The quantitative estimate of drug-likeness (QED) is 0.251. The number of rotatable bonds is 7. The number of imidazole rings is 1. The molecular formula is C27H30F3N7O. The predicted molar refractivity (Wildman–Crippen MR) is 142 cm³/mol. The Balaban J connectivity index is 1.40. The number of benzene rings is 1. The molecule has 1 aromatic carbocycles. The van der Waals surface area contributed by atoms with Crippen LogP contribution in [0, 0.1) is 23.2 Å². The summed E-state index contributed by atoms with van der Waals surface area (Å²) in [5.41, 5.74) is 0.903. The van der Waals surface area contributed by atoms with Gasteiger partial charge in [0.2, 0.25) is 0 Å². The third kappa shape index (κ3) is 7.41. The van der Waals surface area contributed by atoms with Gasteiger partial charge in [0.1, 0.15) is 6.23 Å². The summed E-state index contributed by atoms with van der Waals surface area (Å²) in [5.74, 6) is 6.12. The van der Waals surface area contributed by atoms with Gasteiger partial charge in [0, 0.05) is 57.0 Å². The number of aromatic amines is 1. The number of allylic oxidation sites excluding steroid dienone is 1. The Hall–Kier alpha value is -3.72. The van der Waals surface area contributed by atoms with Crippen molar-refractivity contribution in [1.29, 1.82) is 5.41 Å². The zero-order valence-corrected chi connectivity index (χ0v) is 21.0. The molecule has 200 valence electrons. The second-order valence-electron chi connectivity index (χ2n) is 9.29. The molecular weight excluding hydrogens is 495 g/mol. The monoisotopic (exact) mass is 525 g/mol. The van der Waals surface area contributed by atoms with Crippen molar-refractivity contribution in [3.8, 4) is 11.8 Å². The number of likely N-dealkylation sites (N-methyl/N-ethyl adjacent to an activating group) is 1. The maximum Gasteiger partial charge on any atom is 0.416 e. The van der Waals surface area contributed by atoms with E-state index in [9.17, 15) is 18.3 Å². The highest BCUT2D eigenvalue weighted by Gasteiger charge is 2.34. The van der Waals surface area contributed by atoms with Gasteiger partial charge in [-0.15, -0.1) is 0 Å². The molecule has 2 atom stereocenters. The van der Waals surface area contributed by atoms with E-state index in [4.69, 9.17) is 5.41 Å². The number of anilines is 1. The van der Waals surface area contributed by atoms with Gasteiger partial charge >= 0.3 is 6.18 Å². The summed E-state index contributed by atoms with van der Waals surface area (Å²) in [6.07, 6.45) is 3.78. The highest BCUT2D eigenvalue weighted by Crippen LogP contribution is 2.35. The van der Waals surface area contributed by atoms with E-state index in [1.807, 2.05) is 11.9 Å². The van der Waals surface area contributed by atoms with Crippen LogP contribution in [0.4, 0.5) is 18.9 Å². The van der Waals surface area contributed by atoms with Crippen molar-refractivity contribution in [3.05, 3.63) is 64.9 Å². The van der Waals surface area contributed by atoms with E-state index < -0.39 is 18.0 Å². The molecule has 0 aliphatic carbocycles. The fraction of sp³-hybridized carbons (Fsp3) is 0.370. The van der Waals surface area contributed by atoms with Gasteiger partial charge in [-0.1, -0.05) is 12.0 Å². The molecule has 0 saturated carbocycles. The van der Waals surface area contributed by atoms with E-state index in [0.717, 1.165) is 25.4 Å². The molecule has 1 fully saturated rings. The molecule has 2 unspecified atom stereocenters. The maximum absolute atomic E-state index is 13.9. The minimum Gasteiger partial charge on any atom is -0.370 e. The average Bonchev–Trinajstić information content (AvgIpc) is 3.36. The van der Waals surface area contributed by atoms with Crippen molar-refractivity contribution < 1.29 is 18.3 Å². The fourth-order valence-corrected chi connectivity index (χ4v) is 4.23. The molecule has 4 N–H and O–H groups in total. The van der Waals surface area contributed by atoms with E-state index in [2.05, 4.69) is 37.0 Å². The third-order valence-corrected chi connectivity index (χ3v) is 6.37. The first-order valence-electron chi connectivity index (χ1n) is 12.2. The third-order valence-electron chi connectivity index (χ3n) is 6.37. The number of aliphatic hydroxyl groups excluding tert-OH is 1. The predicted octanol–water partition coefficient (Wildman–Crippen LogP) is 3.60. The molecule has 38 heavy (non-hydrogen) atoms.